The molecule has 1 saturated heterocycles. The molecule has 2 heterocycles. The maximum atomic E-state index is 12.2. The van der Waals surface area contributed by atoms with Gasteiger partial charge in [-0.15, -0.1) is 0 Å². The summed E-state index contributed by atoms with van der Waals surface area (Å²) in [4.78, 5) is 16.0. The van der Waals surface area contributed by atoms with Crippen LogP contribution in [0.15, 0.2) is 17.1 Å². The molecule has 2 N–H and O–H groups in total. The zero-order valence-electron chi connectivity index (χ0n) is 14.6. The topological polar surface area (TPSA) is 70.1 Å². The van der Waals surface area contributed by atoms with E-state index in [0.717, 1.165) is 12.8 Å². The fourth-order valence-electron chi connectivity index (χ4n) is 3.22. The van der Waals surface area contributed by atoms with Crippen LogP contribution in [0.3, 0.4) is 0 Å². The first-order valence-corrected chi connectivity index (χ1v) is 7.97. The highest BCUT2D eigenvalue weighted by Gasteiger charge is 2.44. The molecule has 22 heavy (non-hydrogen) atoms. The zero-order chi connectivity index (χ0) is 16.7. The van der Waals surface area contributed by atoms with Gasteiger partial charge < -0.3 is 10.5 Å². The van der Waals surface area contributed by atoms with Gasteiger partial charge in [-0.3, -0.25) is 4.57 Å². The minimum Gasteiger partial charge on any atom is -0.383 e. The van der Waals surface area contributed by atoms with E-state index in [1.165, 1.54) is 0 Å². The minimum atomic E-state index is -0.337. The highest BCUT2D eigenvalue weighted by atomic mass is 16.5. The van der Waals surface area contributed by atoms with Crippen LogP contribution in [0.5, 0.6) is 0 Å². The summed E-state index contributed by atoms with van der Waals surface area (Å²) in [5.41, 5.74) is 5.51. The highest BCUT2D eigenvalue weighted by Crippen LogP contribution is 2.46. The van der Waals surface area contributed by atoms with Crippen molar-refractivity contribution >= 4 is 5.82 Å². The van der Waals surface area contributed by atoms with Crippen LogP contribution in [0.4, 0.5) is 5.82 Å². The van der Waals surface area contributed by atoms with Crippen molar-refractivity contribution in [3.05, 3.63) is 22.7 Å². The number of aromatic nitrogens is 2. The number of hydrogen-bond acceptors (Lipinski definition) is 4. The quantitative estimate of drug-likeness (QED) is 0.910. The number of nitrogen functional groups attached to an aromatic ring is 1. The molecule has 1 aliphatic heterocycles. The molecule has 1 aliphatic rings. The van der Waals surface area contributed by atoms with Crippen molar-refractivity contribution in [3.63, 3.8) is 0 Å². The molecule has 1 fully saturated rings. The van der Waals surface area contributed by atoms with E-state index in [2.05, 4.69) is 46.5 Å². The Morgan fingerprint density at radius 2 is 1.95 bits per heavy atom. The normalized spacial score (nSPS) is 26.4. The summed E-state index contributed by atoms with van der Waals surface area (Å²) in [6.07, 6.45) is 3.54. The SMILES string of the molecule is CC(C)(C)C[C@@H]1C[C@H](C(C)(C)C)C(n2ccc(N)nc2=O)O1. The molecule has 0 bridgehead atoms. The van der Waals surface area contributed by atoms with E-state index < -0.39 is 0 Å². The first-order valence-electron chi connectivity index (χ1n) is 7.97. The molecule has 1 aromatic rings. The smallest absolute Gasteiger partial charge is 0.351 e. The summed E-state index contributed by atoms with van der Waals surface area (Å²) >= 11 is 0. The summed E-state index contributed by atoms with van der Waals surface area (Å²) in [5.74, 6) is 0.515. The van der Waals surface area contributed by atoms with Crippen molar-refractivity contribution < 1.29 is 4.74 Å². The second kappa shape index (κ2) is 5.69. The third kappa shape index (κ3) is 3.88. The monoisotopic (exact) mass is 307 g/mol. The number of nitrogens with zero attached hydrogens (tertiary/aromatic N) is 2. The highest BCUT2D eigenvalue weighted by molar-refractivity contribution is 5.23. The van der Waals surface area contributed by atoms with Gasteiger partial charge in [0, 0.05) is 12.1 Å². The van der Waals surface area contributed by atoms with Gasteiger partial charge in [-0.1, -0.05) is 41.5 Å². The summed E-state index contributed by atoms with van der Waals surface area (Å²) in [6, 6.07) is 1.65. The molecule has 0 aromatic carbocycles. The van der Waals surface area contributed by atoms with E-state index in [1.807, 2.05) is 0 Å². The molecule has 0 spiro atoms. The van der Waals surface area contributed by atoms with Gasteiger partial charge in [-0.2, -0.15) is 4.98 Å². The van der Waals surface area contributed by atoms with Crippen molar-refractivity contribution in [1.82, 2.24) is 9.55 Å². The van der Waals surface area contributed by atoms with Gasteiger partial charge in [-0.05, 0) is 29.7 Å². The van der Waals surface area contributed by atoms with Gasteiger partial charge in [0.15, 0.2) is 0 Å². The summed E-state index contributed by atoms with van der Waals surface area (Å²) in [7, 11) is 0. The van der Waals surface area contributed by atoms with Gasteiger partial charge in [0.2, 0.25) is 0 Å². The average Bonchev–Trinajstić information content (AvgIpc) is 2.69. The van der Waals surface area contributed by atoms with Crippen molar-refractivity contribution in [1.29, 1.82) is 0 Å². The van der Waals surface area contributed by atoms with Crippen molar-refractivity contribution in [2.45, 2.75) is 66.7 Å². The number of ether oxygens (including phenoxy) is 1. The largest absolute Gasteiger partial charge is 0.383 e. The van der Waals surface area contributed by atoms with Crippen LogP contribution in [0, 0.1) is 16.7 Å². The predicted molar refractivity (Wildman–Crippen MR) is 88.5 cm³/mol. The van der Waals surface area contributed by atoms with E-state index in [-0.39, 0.29) is 40.6 Å². The maximum absolute atomic E-state index is 12.2. The van der Waals surface area contributed by atoms with Gasteiger partial charge in [0.25, 0.3) is 0 Å². The number of rotatable bonds is 2. The Kier molecular flexibility index (Phi) is 4.39. The summed E-state index contributed by atoms with van der Waals surface area (Å²) in [6.45, 7) is 13.2. The van der Waals surface area contributed by atoms with Crippen LogP contribution in [-0.2, 0) is 4.74 Å². The minimum absolute atomic E-state index is 0.0537. The molecule has 124 valence electrons. The summed E-state index contributed by atoms with van der Waals surface area (Å²) in [5, 5.41) is 0. The van der Waals surface area contributed by atoms with Crippen molar-refractivity contribution in [3.8, 4) is 0 Å². The van der Waals surface area contributed by atoms with E-state index in [4.69, 9.17) is 10.5 Å². The Morgan fingerprint density at radius 3 is 2.45 bits per heavy atom. The molecular formula is C17H29N3O2. The Bertz CT molecular complexity index is 581. The van der Waals surface area contributed by atoms with Crippen LogP contribution in [0.2, 0.25) is 0 Å². The molecule has 0 radical (unpaired) electrons. The molecule has 3 atom stereocenters. The zero-order valence-corrected chi connectivity index (χ0v) is 14.6. The predicted octanol–water partition coefficient (Wildman–Crippen LogP) is 3.21. The van der Waals surface area contributed by atoms with Crippen LogP contribution in [0.25, 0.3) is 0 Å². The van der Waals surface area contributed by atoms with Gasteiger partial charge in [0.05, 0.1) is 6.10 Å². The molecule has 0 aliphatic carbocycles. The van der Waals surface area contributed by atoms with Crippen LogP contribution in [0.1, 0.15) is 60.6 Å². The number of anilines is 1. The van der Waals surface area contributed by atoms with E-state index in [9.17, 15) is 4.79 Å². The lowest BCUT2D eigenvalue weighted by molar-refractivity contribution is -0.0431. The summed E-state index contributed by atoms with van der Waals surface area (Å²) < 4.78 is 7.86. The fourth-order valence-corrected chi connectivity index (χ4v) is 3.22. The second-order valence-corrected chi connectivity index (χ2v) is 8.66. The first-order chi connectivity index (χ1) is 9.97. The molecular weight excluding hydrogens is 278 g/mol. The van der Waals surface area contributed by atoms with E-state index in [0.29, 0.717) is 0 Å². The van der Waals surface area contributed by atoms with Crippen molar-refractivity contribution in [2.75, 3.05) is 5.73 Å². The van der Waals surface area contributed by atoms with Gasteiger partial charge in [0.1, 0.15) is 12.0 Å². The maximum Gasteiger partial charge on any atom is 0.351 e. The number of nitrogens with two attached hydrogens (primary N) is 1. The first kappa shape index (κ1) is 17.0. The van der Waals surface area contributed by atoms with E-state index in [1.54, 1.807) is 16.8 Å². The third-order valence-electron chi connectivity index (χ3n) is 4.27. The van der Waals surface area contributed by atoms with Crippen LogP contribution >= 0.6 is 0 Å². The van der Waals surface area contributed by atoms with Gasteiger partial charge >= 0.3 is 5.69 Å². The molecule has 0 amide bonds. The standard InChI is InChI=1S/C17H29N3O2/c1-16(2,3)10-11-9-12(17(4,5)6)14(22-11)20-8-7-13(18)19-15(20)21/h7-8,11-12,14H,9-10H2,1-6H3,(H2,18,19,21)/t11-,12-,14?/m0/s1. The lowest BCUT2D eigenvalue weighted by atomic mass is 9.76. The van der Waals surface area contributed by atoms with Crippen LogP contribution in [-0.4, -0.2) is 15.7 Å². The Labute approximate surface area is 132 Å². The lowest BCUT2D eigenvalue weighted by Gasteiger charge is -2.31. The van der Waals surface area contributed by atoms with Gasteiger partial charge in [-0.25, -0.2) is 4.79 Å². The van der Waals surface area contributed by atoms with Crippen LogP contribution < -0.4 is 11.4 Å². The molecule has 5 nitrogen and oxygen atoms in total. The molecule has 5 heteroatoms. The molecule has 2 rings (SSSR count). The fraction of sp³-hybridized carbons (Fsp3) is 0.765. The lowest BCUT2D eigenvalue weighted by Crippen LogP contribution is -2.34. The van der Waals surface area contributed by atoms with Crippen molar-refractivity contribution in [2.24, 2.45) is 16.7 Å². The average molecular weight is 307 g/mol. The Hall–Kier alpha value is -1.36. The Balaban J connectivity index is 2.32. The molecule has 1 aromatic heterocycles. The molecule has 1 unspecified atom stereocenters. The Morgan fingerprint density at radius 1 is 1.32 bits per heavy atom. The third-order valence-corrected chi connectivity index (χ3v) is 4.27. The molecule has 0 saturated carbocycles. The van der Waals surface area contributed by atoms with E-state index >= 15 is 0 Å². The second-order valence-electron chi connectivity index (χ2n) is 8.66. The number of hydrogen-bond donors (Lipinski definition) is 1.